The summed E-state index contributed by atoms with van der Waals surface area (Å²) < 4.78 is 4.91. The SMILES string of the molecule is O=C1CCC(C(=O)OCC(=O)Nc2ccc(N3CCCC3)cc2)=NN1. The lowest BCUT2D eigenvalue weighted by Gasteiger charge is -2.17. The third kappa shape index (κ3) is 4.56. The van der Waals surface area contributed by atoms with Gasteiger partial charge in [0.2, 0.25) is 5.91 Å². The van der Waals surface area contributed by atoms with Crippen LogP contribution in [0, 0.1) is 0 Å². The lowest BCUT2D eigenvalue weighted by Crippen LogP contribution is -2.32. The van der Waals surface area contributed by atoms with Crippen LogP contribution in [-0.4, -0.2) is 43.2 Å². The fourth-order valence-electron chi connectivity index (χ4n) is 2.76. The summed E-state index contributed by atoms with van der Waals surface area (Å²) >= 11 is 0. The van der Waals surface area contributed by atoms with E-state index in [1.54, 1.807) is 0 Å². The molecule has 132 valence electrons. The van der Waals surface area contributed by atoms with Crippen LogP contribution >= 0.6 is 0 Å². The molecule has 2 aliphatic rings. The van der Waals surface area contributed by atoms with Crippen LogP contribution in [0.15, 0.2) is 29.4 Å². The number of hydrogen-bond donors (Lipinski definition) is 2. The summed E-state index contributed by atoms with van der Waals surface area (Å²) in [7, 11) is 0. The van der Waals surface area contributed by atoms with Crippen molar-refractivity contribution < 1.29 is 19.1 Å². The van der Waals surface area contributed by atoms with Gasteiger partial charge in [-0.15, -0.1) is 0 Å². The van der Waals surface area contributed by atoms with E-state index in [2.05, 4.69) is 20.7 Å². The molecule has 2 N–H and O–H groups in total. The van der Waals surface area contributed by atoms with E-state index in [9.17, 15) is 14.4 Å². The maximum Gasteiger partial charge on any atom is 0.355 e. The van der Waals surface area contributed by atoms with Crippen molar-refractivity contribution >= 4 is 34.9 Å². The molecule has 0 atom stereocenters. The van der Waals surface area contributed by atoms with Crippen molar-refractivity contribution in [3.05, 3.63) is 24.3 Å². The predicted molar refractivity (Wildman–Crippen MR) is 92.3 cm³/mol. The van der Waals surface area contributed by atoms with Gasteiger partial charge in [0.05, 0.1) is 0 Å². The highest BCUT2D eigenvalue weighted by molar-refractivity contribution is 6.37. The van der Waals surface area contributed by atoms with E-state index >= 15 is 0 Å². The maximum atomic E-state index is 11.9. The number of rotatable bonds is 5. The number of benzene rings is 1. The highest BCUT2D eigenvalue weighted by atomic mass is 16.5. The first kappa shape index (κ1) is 16.9. The molecule has 1 saturated heterocycles. The van der Waals surface area contributed by atoms with E-state index in [4.69, 9.17) is 4.74 Å². The third-order valence-electron chi connectivity index (χ3n) is 4.10. The first-order valence-electron chi connectivity index (χ1n) is 8.29. The average molecular weight is 344 g/mol. The van der Waals surface area contributed by atoms with Crippen molar-refractivity contribution in [3.8, 4) is 0 Å². The second kappa shape index (κ2) is 7.78. The van der Waals surface area contributed by atoms with Gasteiger partial charge in [-0.05, 0) is 37.1 Å². The smallest absolute Gasteiger partial charge is 0.355 e. The Morgan fingerprint density at radius 1 is 1.16 bits per heavy atom. The van der Waals surface area contributed by atoms with Crippen molar-refractivity contribution in [1.29, 1.82) is 0 Å². The van der Waals surface area contributed by atoms with Crippen LogP contribution in [0.3, 0.4) is 0 Å². The molecule has 0 spiro atoms. The van der Waals surface area contributed by atoms with Gasteiger partial charge in [-0.2, -0.15) is 5.10 Å². The maximum absolute atomic E-state index is 11.9. The Kier molecular flexibility index (Phi) is 5.27. The largest absolute Gasteiger partial charge is 0.451 e. The normalized spacial score (nSPS) is 16.9. The van der Waals surface area contributed by atoms with Gasteiger partial charge in [-0.1, -0.05) is 0 Å². The molecule has 0 unspecified atom stereocenters. The molecule has 0 saturated carbocycles. The molecule has 8 nitrogen and oxygen atoms in total. The molecule has 2 amide bonds. The monoisotopic (exact) mass is 344 g/mol. The molecular weight excluding hydrogens is 324 g/mol. The van der Waals surface area contributed by atoms with E-state index in [0.717, 1.165) is 18.8 Å². The van der Waals surface area contributed by atoms with E-state index in [-0.39, 0.29) is 24.5 Å². The number of nitrogens with zero attached hydrogens (tertiary/aromatic N) is 2. The average Bonchev–Trinajstić information content (AvgIpc) is 3.15. The van der Waals surface area contributed by atoms with Crippen molar-refractivity contribution in [2.24, 2.45) is 5.10 Å². The van der Waals surface area contributed by atoms with Gasteiger partial charge in [-0.25, -0.2) is 10.2 Å². The lowest BCUT2D eigenvalue weighted by atomic mass is 10.2. The standard InChI is InChI=1S/C17H20N4O4/c22-15-8-7-14(19-20-15)17(24)25-11-16(23)18-12-3-5-13(6-4-12)21-9-1-2-10-21/h3-6H,1-2,7-11H2,(H,18,23)(H,20,22). The van der Waals surface area contributed by atoms with Gasteiger partial charge in [0.1, 0.15) is 5.71 Å². The number of hydrazone groups is 1. The summed E-state index contributed by atoms with van der Waals surface area (Å²) in [5, 5.41) is 6.31. The summed E-state index contributed by atoms with van der Waals surface area (Å²) in [5.41, 5.74) is 4.11. The zero-order valence-electron chi connectivity index (χ0n) is 13.8. The summed E-state index contributed by atoms with van der Waals surface area (Å²) in [4.78, 5) is 36.9. The van der Waals surface area contributed by atoms with Crippen LogP contribution in [0.4, 0.5) is 11.4 Å². The number of carbonyl (C=O) groups is 3. The molecule has 1 fully saturated rings. The number of anilines is 2. The Hall–Kier alpha value is -2.90. The van der Waals surface area contributed by atoms with Crippen LogP contribution in [0.2, 0.25) is 0 Å². The minimum Gasteiger partial charge on any atom is -0.451 e. The van der Waals surface area contributed by atoms with Crippen LogP contribution in [-0.2, 0) is 19.1 Å². The van der Waals surface area contributed by atoms with Gasteiger partial charge in [0.15, 0.2) is 6.61 Å². The minimum atomic E-state index is -0.695. The molecule has 0 aromatic heterocycles. The van der Waals surface area contributed by atoms with Gasteiger partial charge in [-0.3, -0.25) is 9.59 Å². The quantitative estimate of drug-likeness (QED) is 0.777. The zero-order chi connectivity index (χ0) is 17.6. The lowest BCUT2D eigenvalue weighted by molar-refractivity contribution is -0.140. The molecule has 0 radical (unpaired) electrons. The number of ether oxygens (including phenoxy) is 1. The first-order chi connectivity index (χ1) is 12.1. The molecular formula is C17H20N4O4. The van der Waals surface area contributed by atoms with E-state index < -0.39 is 18.5 Å². The Balaban J connectivity index is 1.46. The minimum absolute atomic E-state index is 0.113. The highest BCUT2D eigenvalue weighted by Crippen LogP contribution is 2.21. The molecule has 1 aromatic carbocycles. The number of hydrogen-bond acceptors (Lipinski definition) is 6. The van der Waals surface area contributed by atoms with E-state index in [1.807, 2.05) is 24.3 Å². The molecule has 8 heteroatoms. The third-order valence-corrected chi connectivity index (χ3v) is 4.10. The fourth-order valence-corrected chi connectivity index (χ4v) is 2.76. The Bertz CT molecular complexity index is 693. The second-order valence-corrected chi connectivity index (χ2v) is 5.96. The van der Waals surface area contributed by atoms with E-state index in [1.165, 1.54) is 12.8 Å². The fraction of sp³-hybridized carbons (Fsp3) is 0.412. The van der Waals surface area contributed by atoms with Crippen LogP contribution in [0.5, 0.6) is 0 Å². The predicted octanol–water partition coefficient (Wildman–Crippen LogP) is 1.03. The topological polar surface area (TPSA) is 100 Å². The summed E-state index contributed by atoms with van der Waals surface area (Å²) in [6.45, 7) is 1.72. The Morgan fingerprint density at radius 3 is 2.52 bits per heavy atom. The van der Waals surface area contributed by atoms with Crippen molar-refractivity contribution in [1.82, 2.24) is 5.43 Å². The van der Waals surface area contributed by atoms with Crippen molar-refractivity contribution in [3.63, 3.8) is 0 Å². The highest BCUT2D eigenvalue weighted by Gasteiger charge is 2.20. The number of nitrogens with one attached hydrogen (secondary N) is 2. The van der Waals surface area contributed by atoms with Crippen molar-refractivity contribution in [2.75, 3.05) is 29.9 Å². The van der Waals surface area contributed by atoms with Crippen molar-refractivity contribution in [2.45, 2.75) is 25.7 Å². The van der Waals surface area contributed by atoms with Gasteiger partial charge >= 0.3 is 5.97 Å². The number of amides is 2. The molecule has 25 heavy (non-hydrogen) atoms. The Labute approximate surface area is 145 Å². The molecule has 0 bridgehead atoms. The molecule has 0 aliphatic carbocycles. The summed E-state index contributed by atoms with van der Waals surface area (Å²) in [6.07, 6.45) is 2.81. The van der Waals surface area contributed by atoms with Crippen LogP contribution in [0.25, 0.3) is 0 Å². The van der Waals surface area contributed by atoms with E-state index in [0.29, 0.717) is 5.69 Å². The van der Waals surface area contributed by atoms with Crippen LogP contribution < -0.4 is 15.6 Å². The van der Waals surface area contributed by atoms with Gasteiger partial charge < -0.3 is 15.0 Å². The van der Waals surface area contributed by atoms with Crippen LogP contribution in [0.1, 0.15) is 25.7 Å². The molecule has 1 aromatic rings. The second-order valence-electron chi connectivity index (χ2n) is 5.96. The van der Waals surface area contributed by atoms with Gasteiger partial charge in [0.25, 0.3) is 5.91 Å². The first-order valence-corrected chi connectivity index (χ1v) is 8.29. The molecule has 2 aliphatic heterocycles. The molecule has 3 rings (SSSR count). The summed E-state index contributed by atoms with van der Waals surface area (Å²) in [5.74, 6) is -1.37. The summed E-state index contributed by atoms with van der Waals surface area (Å²) in [6, 6.07) is 7.58. The van der Waals surface area contributed by atoms with Gasteiger partial charge in [0, 0.05) is 37.3 Å². The number of carbonyl (C=O) groups excluding carboxylic acids is 3. The zero-order valence-corrected chi connectivity index (χ0v) is 13.8. The number of esters is 1. The Morgan fingerprint density at radius 2 is 1.88 bits per heavy atom. The molecule has 2 heterocycles.